The molecular formula is C27H30N2O4. The summed E-state index contributed by atoms with van der Waals surface area (Å²) in [5.41, 5.74) is 2.72. The predicted octanol–water partition coefficient (Wildman–Crippen LogP) is 4.92. The van der Waals surface area contributed by atoms with Crippen molar-refractivity contribution in [2.45, 2.75) is 25.4 Å². The van der Waals surface area contributed by atoms with Crippen molar-refractivity contribution in [3.63, 3.8) is 0 Å². The Balaban J connectivity index is 1.24. The molecule has 0 aliphatic carbocycles. The molecule has 1 saturated heterocycles. The Morgan fingerprint density at radius 3 is 2.67 bits per heavy atom. The van der Waals surface area contributed by atoms with E-state index in [1.165, 1.54) is 5.56 Å². The van der Waals surface area contributed by atoms with Crippen LogP contribution < -0.4 is 20.1 Å². The number of carbonyl (C=O) groups excluding carboxylic acids is 1. The normalized spacial score (nSPS) is 15.1. The highest BCUT2D eigenvalue weighted by molar-refractivity contribution is 5.95. The van der Waals surface area contributed by atoms with Crippen LogP contribution >= 0.6 is 0 Å². The van der Waals surface area contributed by atoms with Crippen molar-refractivity contribution < 1.29 is 19.0 Å². The van der Waals surface area contributed by atoms with Gasteiger partial charge in [-0.25, -0.2) is 0 Å². The second-order valence-corrected chi connectivity index (χ2v) is 7.96. The summed E-state index contributed by atoms with van der Waals surface area (Å²) in [5.74, 6) is 1.26. The second kappa shape index (κ2) is 11.9. The maximum atomic E-state index is 12.5. The van der Waals surface area contributed by atoms with Crippen molar-refractivity contribution in [2.24, 2.45) is 0 Å². The van der Waals surface area contributed by atoms with E-state index in [-0.39, 0.29) is 18.6 Å². The fraction of sp³-hybridized carbons (Fsp3) is 0.296. The average molecular weight is 447 g/mol. The lowest BCUT2D eigenvalue weighted by molar-refractivity contribution is -0.114. The van der Waals surface area contributed by atoms with Gasteiger partial charge >= 0.3 is 0 Å². The van der Waals surface area contributed by atoms with E-state index >= 15 is 0 Å². The predicted molar refractivity (Wildman–Crippen MR) is 130 cm³/mol. The third-order valence-electron chi connectivity index (χ3n) is 5.40. The van der Waals surface area contributed by atoms with Gasteiger partial charge in [0.1, 0.15) is 18.1 Å². The zero-order valence-corrected chi connectivity index (χ0v) is 18.7. The largest absolute Gasteiger partial charge is 0.493 e. The molecule has 172 valence electrons. The van der Waals surface area contributed by atoms with Crippen molar-refractivity contribution in [3.8, 4) is 11.5 Å². The lowest BCUT2D eigenvalue weighted by Crippen LogP contribution is -2.22. The SMILES string of the molecule is O=C(CNc1cccc(OCCc2ccccc2)c1)Nc1ccccc1OCC1CCCO1. The summed E-state index contributed by atoms with van der Waals surface area (Å²) >= 11 is 0. The Kier molecular flexibility index (Phi) is 8.19. The quantitative estimate of drug-likeness (QED) is 0.438. The molecule has 0 aromatic heterocycles. The van der Waals surface area contributed by atoms with Crippen LogP contribution in [0.5, 0.6) is 11.5 Å². The molecule has 0 radical (unpaired) electrons. The molecule has 4 rings (SSSR count). The number of nitrogens with one attached hydrogen (secondary N) is 2. The molecule has 0 spiro atoms. The van der Waals surface area contributed by atoms with E-state index in [1.54, 1.807) is 0 Å². The van der Waals surface area contributed by atoms with Crippen LogP contribution in [0.25, 0.3) is 0 Å². The molecular weight excluding hydrogens is 416 g/mol. The summed E-state index contributed by atoms with van der Waals surface area (Å²) in [6, 6.07) is 25.3. The number of carbonyl (C=O) groups is 1. The van der Waals surface area contributed by atoms with Gasteiger partial charge in [-0.1, -0.05) is 48.5 Å². The van der Waals surface area contributed by atoms with Crippen LogP contribution in [0, 0.1) is 0 Å². The first-order valence-electron chi connectivity index (χ1n) is 11.4. The Hall–Kier alpha value is -3.51. The van der Waals surface area contributed by atoms with E-state index in [9.17, 15) is 4.79 Å². The molecule has 1 amide bonds. The third kappa shape index (κ3) is 7.26. The Morgan fingerprint density at radius 1 is 0.970 bits per heavy atom. The van der Waals surface area contributed by atoms with Gasteiger partial charge in [0, 0.05) is 24.8 Å². The highest BCUT2D eigenvalue weighted by Crippen LogP contribution is 2.25. The molecule has 1 aliphatic heterocycles. The number of hydrogen-bond donors (Lipinski definition) is 2. The monoisotopic (exact) mass is 446 g/mol. The minimum absolute atomic E-state index is 0.123. The van der Waals surface area contributed by atoms with E-state index in [0.29, 0.717) is 24.7 Å². The average Bonchev–Trinajstić information content (AvgIpc) is 3.37. The van der Waals surface area contributed by atoms with E-state index < -0.39 is 0 Å². The van der Waals surface area contributed by atoms with Crippen LogP contribution in [0.4, 0.5) is 11.4 Å². The molecule has 0 bridgehead atoms. The van der Waals surface area contributed by atoms with Gasteiger partial charge in [0.2, 0.25) is 5.91 Å². The van der Waals surface area contributed by atoms with Gasteiger partial charge in [-0.15, -0.1) is 0 Å². The van der Waals surface area contributed by atoms with Crippen molar-refractivity contribution in [1.82, 2.24) is 0 Å². The Morgan fingerprint density at radius 2 is 1.82 bits per heavy atom. The fourth-order valence-electron chi connectivity index (χ4n) is 3.66. The molecule has 33 heavy (non-hydrogen) atoms. The molecule has 3 aromatic carbocycles. The van der Waals surface area contributed by atoms with Crippen LogP contribution in [0.2, 0.25) is 0 Å². The number of benzene rings is 3. The maximum absolute atomic E-state index is 12.5. The van der Waals surface area contributed by atoms with Crippen molar-refractivity contribution >= 4 is 17.3 Å². The zero-order valence-electron chi connectivity index (χ0n) is 18.7. The van der Waals surface area contributed by atoms with E-state index in [4.69, 9.17) is 14.2 Å². The molecule has 1 fully saturated rings. The summed E-state index contributed by atoms with van der Waals surface area (Å²) in [5, 5.41) is 6.08. The Labute approximate surface area is 194 Å². The van der Waals surface area contributed by atoms with Gasteiger partial charge in [0.05, 0.1) is 24.9 Å². The van der Waals surface area contributed by atoms with Crippen molar-refractivity contribution in [1.29, 1.82) is 0 Å². The van der Waals surface area contributed by atoms with Gasteiger partial charge < -0.3 is 24.8 Å². The van der Waals surface area contributed by atoms with Crippen LogP contribution in [0.15, 0.2) is 78.9 Å². The molecule has 6 heteroatoms. The van der Waals surface area contributed by atoms with Crippen molar-refractivity contribution in [2.75, 3.05) is 37.0 Å². The number of para-hydroxylation sites is 2. The lowest BCUT2D eigenvalue weighted by Gasteiger charge is -2.15. The fourth-order valence-corrected chi connectivity index (χ4v) is 3.66. The summed E-state index contributed by atoms with van der Waals surface area (Å²) in [7, 11) is 0. The lowest BCUT2D eigenvalue weighted by atomic mass is 10.2. The first-order valence-corrected chi connectivity index (χ1v) is 11.4. The standard InChI is InChI=1S/C27H30N2O4/c30-27(29-25-13-4-5-14-26(25)33-20-24-12-7-16-31-24)19-28-22-10-6-11-23(18-22)32-17-15-21-8-2-1-3-9-21/h1-6,8-11,13-14,18,24,28H,7,12,15-17,19-20H2,(H,29,30). The van der Waals surface area contributed by atoms with Gasteiger partial charge in [0.25, 0.3) is 0 Å². The van der Waals surface area contributed by atoms with Crippen LogP contribution in [-0.2, 0) is 16.0 Å². The molecule has 1 heterocycles. The first-order chi connectivity index (χ1) is 16.3. The summed E-state index contributed by atoms with van der Waals surface area (Å²) in [6.45, 7) is 2.00. The number of hydrogen-bond acceptors (Lipinski definition) is 5. The molecule has 1 atom stereocenters. The number of anilines is 2. The molecule has 1 aliphatic rings. The molecule has 2 N–H and O–H groups in total. The number of rotatable bonds is 11. The smallest absolute Gasteiger partial charge is 0.243 e. The summed E-state index contributed by atoms with van der Waals surface area (Å²) in [6.07, 6.45) is 3.04. The summed E-state index contributed by atoms with van der Waals surface area (Å²) in [4.78, 5) is 12.5. The van der Waals surface area contributed by atoms with Crippen LogP contribution in [0.3, 0.4) is 0 Å². The third-order valence-corrected chi connectivity index (χ3v) is 5.40. The minimum Gasteiger partial charge on any atom is -0.493 e. The molecule has 1 unspecified atom stereocenters. The molecule has 0 saturated carbocycles. The topological polar surface area (TPSA) is 68.8 Å². The molecule has 3 aromatic rings. The van der Waals surface area contributed by atoms with E-state index in [0.717, 1.165) is 37.3 Å². The van der Waals surface area contributed by atoms with Gasteiger partial charge in [-0.05, 0) is 42.7 Å². The minimum atomic E-state index is -0.154. The zero-order chi connectivity index (χ0) is 22.7. The first kappa shape index (κ1) is 22.7. The van der Waals surface area contributed by atoms with Crippen molar-refractivity contribution in [3.05, 3.63) is 84.4 Å². The maximum Gasteiger partial charge on any atom is 0.243 e. The summed E-state index contributed by atoms with van der Waals surface area (Å²) < 4.78 is 17.4. The number of ether oxygens (including phenoxy) is 3. The molecule has 6 nitrogen and oxygen atoms in total. The van der Waals surface area contributed by atoms with Gasteiger partial charge in [0.15, 0.2) is 0 Å². The van der Waals surface area contributed by atoms with Crippen LogP contribution in [0.1, 0.15) is 18.4 Å². The van der Waals surface area contributed by atoms with E-state index in [1.807, 2.05) is 66.7 Å². The van der Waals surface area contributed by atoms with E-state index in [2.05, 4.69) is 22.8 Å². The number of amides is 1. The van der Waals surface area contributed by atoms with Crippen LogP contribution in [-0.4, -0.2) is 38.4 Å². The second-order valence-electron chi connectivity index (χ2n) is 7.96. The Bertz CT molecular complexity index is 1020. The highest BCUT2D eigenvalue weighted by atomic mass is 16.5. The van der Waals surface area contributed by atoms with Gasteiger partial charge in [-0.2, -0.15) is 0 Å². The highest BCUT2D eigenvalue weighted by Gasteiger charge is 2.17. The van der Waals surface area contributed by atoms with Gasteiger partial charge in [-0.3, -0.25) is 4.79 Å².